The quantitative estimate of drug-likeness (QED) is 0.877. The average molecular weight is 293 g/mol. The van der Waals surface area contributed by atoms with Gasteiger partial charge in [-0.2, -0.15) is 0 Å². The molecule has 1 aromatic carbocycles. The van der Waals surface area contributed by atoms with Crippen molar-refractivity contribution in [2.24, 2.45) is 0 Å². The molecule has 0 aliphatic heterocycles. The number of nitrogens with zero attached hydrogens (tertiary/aromatic N) is 1. The number of hydrogen-bond donors (Lipinski definition) is 1. The molecule has 0 aliphatic carbocycles. The number of aromatic nitrogens is 1. The van der Waals surface area contributed by atoms with Crippen molar-refractivity contribution in [2.75, 3.05) is 6.61 Å². The molecular weight excluding hydrogens is 276 g/mol. The second-order valence-electron chi connectivity index (χ2n) is 4.48. The van der Waals surface area contributed by atoms with Gasteiger partial charge in [0, 0.05) is 17.1 Å². The maximum Gasteiger partial charge on any atom is 0.276 e. The topological polar surface area (TPSA) is 43.3 Å². The van der Waals surface area contributed by atoms with E-state index in [-0.39, 0.29) is 5.91 Å². The molecule has 5 heteroatoms. The van der Waals surface area contributed by atoms with Crippen LogP contribution in [0, 0.1) is 13.8 Å². The van der Waals surface area contributed by atoms with E-state index in [4.69, 9.17) is 16.4 Å². The predicted octanol–water partition coefficient (Wildman–Crippen LogP) is 3.43. The number of amides is 1. The number of nitrogens with one attached hydrogen (secondary N) is 1. The normalized spacial score (nSPS) is 10.6. The summed E-state index contributed by atoms with van der Waals surface area (Å²) in [5.74, 6) is -0.346. The van der Waals surface area contributed by atoms with Crippen molar-refractivity contribution in [3.05, 3.63) is 52.3 Å². The fourth-order valence-electron chi connectivity index (χ4n) is 2.09. The summed E-state index contributed by atoms with van der Waals surface area (Å²) in [6.07, 6.45) is 0. The maximum atomic E-state index is 12.0. The summed E-state index contributed by atoms with van der Waals surface area (Å²) in [7, 11) is 0. The molecule has 20 heavy (non-hydrogen) atoms. The number of carbonyl (C=O) groups excluding carboxylic acids is 1. The zero-order valence-corrected chi connectivity index (χ0v) is 12.5. The third-order valence-corrected chi connectivity index (χ3v) is 3.36. The zero-order chi connectivity index (χ0) is 14.7. The number of halogens is 1. The molecule has 0 unspecified atom stereocenters. The van der Waals surface area contributed by atoms with Crippen molar-refractivity contribution in [2.45, 2.75) is 20.8 Å². The summed E-state index contributed by atoms with van der Waals surface area (Å²) < 4.78 is 2.06. The van der Waals surface area contributed by atoms with Crippen LogP contribution in [0.4, 0.5) is 0 Å². The summed E-state index contributed by atoms with van der Waals surface area (Å²) in [5.41, 5.74) is 5.85. The minimum atomic E-state index is -0.346. The molecule has 0 atom stereocenters. The molecule has 2 aromatic rings. The standard InChI is InChI=1S/C15H17ClN2O2/c1-4-20-17-15(19)13-9-12(7-8-14(13)16)18-10(2)5-6-11(18)3/h5-9H,4H2,1-3H3,(H,17,19). The first-order valence-electron chi connectivity index (χ1n) is 6.41. The SMILES string of the molecule is CCONC(=O)c1cc(-n2c(C)ccc2C)ccc1Cl. The van der Waals surface area contributed by atoms with Gasteiger partial charge >= 0.3 is 0 Å². The largest absolute Gasteiger partial charge is 0.318 e. The lowest BCUT2D eigenvalue weighted by molar-refractivity contribution is 0.0364. The lowest BCUT2D eigenvalue weighted by Crippen LogP contribution is -2.24. The first-order valence-corrected chi connectivity index (χ1v) is 6.79. The number of benzene rings is 1. The van der Waals surface area contributed by atoms with Crippen LogP contribution in [-0.4, -0.2) is 17.1 Å². The van der Waals surface area contributed by atoms with E-state index in [1.54, 1.807) is 19.1 Å². The van der Waals surface area contributed by atoms with Crippen LogP contribution >= 0.6 is 11.6 Å². The monoisotopic (exact) mass is 292 g/mol. The molecule has 0 saturated carbocycles. The smallest absolute Gasteiger partial charge is 0.276 e. The molecule has 0 bridgehead atoms. The third-order valence-electron chi connectivity index (χ3n) is 3.03. The first-order chi connectivity index (χ1) is 9.54. The Hall–Kier alpha value is -1.78. The lowest BCUT2D eigenvalue weighted by atomic mass is 10.2. The highest BCUT2D eigenvalue weighted by Gasteiger charge is 2.13. The van der Waals surface area contributed by atoms with Crippen molar-refractivity contribution >= 4 is 17.5 Å². The molecule has 1 aromatic heterocycles. The second-order valence-corrected chi connectivity index (χ2v) is 4.89. The van der Waals surface area contributed by atoms with E-state index >= 15 is 0 Å². The van der Waals surface area contributed by atoms with Gasteiger partial charge in [0.15, 0.2) is 0 Å². The van der Waals surface area contributed by atoms with Gasteiger partial charge in [0.1, 0.15) is 0 Å². The molecule has 1 heterocycles. The molecular formula is C15H17ClN2O2. The van der Waals surface area contributed by atoms with Crippen LogP contribution in [0.25, 0.3) is 5.69 Å². The Labute approximate surface area is 123 Å². The van der Waals surface area contributed by atoms with Gasteiger partial charge in [-0.3, -0.25) is 9.63 Å². The molecule has 106 valence electrons. The Morgan fingerprint density at radius 1 is 1.25 bits per heavy atom. The Morgan fingerprint density at radius 3 is 2.50 bits per heavy atom. The van der Waals surface area contributed by atoms with Gasteiger partial charge in [-0.15, -0.1) is 0 Å². The van der Waals surface area contributed by atoms with Crippen LogP contribution in [-0.2, 0) is 4.84 Å². The molecule has 1 amide bonds. The number of aryl methyl sites for hydroxylation is 2. The van der Waals surface area contributed by atoms with Crippen molar-refractivity contribution < 1.29 is 9.63 Å². The predicted molar refractivity (Wildman–Crippen MR) is 79.3 cm³/mol. The van der Waals surface area contributed by atoms with Gasteiger partial charge in [-0.25, -0.2) is 5.48 Å². The Morgan fingerprint density at radius 2 is 1.90 bits per heavy atom. The second kappa shape index (κ2) is 6.11. The van der Waals surface area contributed by atoms with Crippen molar-refractivity contribution in [3.8, 4) is 5.69 Å². The molecule has 0 fully saturated rings. The van der Waals surface area contributed by atoms with Gasteiger partial charge in [-0.1, -0.05) is 11.6 Å². The highest BCUT2D eigenvalue weighted by Crippen LogP contribution is 2.22. The van der Waals surface area contributed by atoms with E-state index in [1.807, 2.05) is 32.0 Å². The van der Waals surface area contributed by atoms with Gasteiger partial charge in [0.2, 0.25) is 0 Å². The van der Waals surface area contributed by atoms with Crippen LogP contribution in [0.2, 0.25) is 5.02 Å². The minimum absolute atomic E-state index is 0.346. The number of hydrogen-bond acceptors (Lipinski definition) is 2. The molecule has 1 N–H and O–H groups in total. The molecule has 2 rings (SSSR count). The number of hydroxylamine groups is 1. The lowest BCUT2D eigenvalue weighted by Gasteiger charge is -2.12. The fraction of sp³-hybridized carbons (Fsp3) is 0.267. The van der Waals surface area contributed by atoms with Gasteiger partial charge < -0.3 is 4.57 Å². The molecule has 0 saturated heterocycles. The fourth-order valence-corrected chi connectivity index (χ4v) is 2.30. The van der Waals surface area contributed by atoms with E-state index in [2.05, 4.69) is 10.0 Å². The maximum absolute atomic E-state index is 12.0. The Kier molecular flexibility index (Phi) is 4.47. The first kappa shape index (κ1) is 14.6. The Balaban J connectivity index is 2.41. The number of carbonyl (C=O) groups is 1. The average Bonchev–Trinajstić information content (AvgIpc) is 2.76. The summed E-state index contributed by atoms with van der Waals surface area (Å²) >= 11 is 6.09. The van der Waals surface area contributed by atoms with Gasteiger partial charge in [0.25, 0.3) is 5.91 Å². The minimum Gasteiger partial charge on any atom is -0.318 e. The van der Waals surface area contributed by atoms with Crippen LogP contribution in [0.5, 0.6) is 0 Å². The van der Waals surface area contributed by atoms with E-state index in [0.717, 1.165) is 17.1 Å². The van der Waals surface area contributed by atoms with Crippen LogP contribution < -0.4 is 5.48 Å². The highest BCUT2D eigenvalue weighted by atomic mass is 35.5. The highest BCUT2D eigenvalue weighted by molar-refractivity contribution is 6.33. The van der Waals surface area contributed by atoms with E-state index in [9.17, 15) is 4.79 Å². The summed E-state index contributed by atoms with van der Waals surface area (Å²) in [5, 5.41) is 0.397. The van der Waals surface area contributed by atoms with Crippen LogP contribution in [0.1, 0.15) is 28.7 Å². The van der Waals surface area contributed by atoms with Crippen LogP contribution in [0.15, 0.2) is 30.3 Å². The zero-order valence-electron chi connectivity index (χ0n) is 11.7. The third kappa shape index (κ3) is 2.86. The number of rotatable bonds is 4. The van der Waals surface area contributed by atoms with Crippen molar-refractivity contribution in [3.63, 3.8) is 0 Å². The van der Waals surface area contributed by atoms with Gasteiger partial charge in [-0.05, 0) is 51.1 Å². The molecule has 4 nitrogen and oxygen atoms in total. The summed E-state index contributed by atoms with van der Waals surface area (Å²) in [6.45, 7) is 6.23. The van der Waals surface area contributed by atoms with Crippen LogP contribution in [0.3, 0.4) is 0 Å². The van der Waals surface area contributed by atoms with Crippen molar-refractivity contribution in [1.82, 2.24) is 10.0 Å². The van der Waals surface area contributed by atoms with Crippen molar-refractivity contribution in [1.29, 1.82) is 0 Å². The Bertz CT molecular complexity index is 615. The van der Waals surface area contributed by atoms with E-state index < -0.39 is 0 Å². The van der Waals surface area contributed by atoms with E-state index in [0.29, 0.717) is 17.2 Å². The summed E-state index contributed by atoms with van der Waals surface area (Å²) in [6, 6.07) is 9.43. The molecule has 0 radical (unpaired) electrons. The van der Waals surface area contributed by atoms with E-state index in [1.165, 1.54) is 0 Å². The van der Waals surface area contributed by atoms with Gasteiger partial charge in [0.05, 0.1) is 17.2 Å². The molecule has 0 spiro atoms. The summed E-state index contributed by atoms with van der Waals surface area (Å²) in [4.78, 5) is 16.9. The molecule has 0 aliphatic rings.